The molecule has 1 N–H and O–H groups in total. The zero-order valence-electron chi connectivity index (χ0n) is 21.8. The van der Waals surface area contributed by atoms with Crippen molar-refractivity contribution in [3.8, 4) is 22.5 Å². The molecule has 0 spiro atoms. The van der Waals surface area contributed by atoms with E-state index in [0.717, 1.165) is 57.6 Å². The summed E-state index contributed by atoms with van der Waals surface area (Å²) in [4.78, 5) is 20.4. The lowest BCUT2D eigenvalue weighted by Crippen LogP contribution is -2.28. The van der Waals surface area contributed by atoms with Crippen LogP contribution in [0.5, 0.6) is 0 Å². The number of aromatic nitrogens is 5. The number of benzene rings is 2. The zero-order chi connectivity index (χ0) is 25.9. The molecular formula is C30H32N6O. The highest BCUT2D eigenvalue weighted by Crippen LogP contribution is 2.29. The summed E-state index contributed by atoms with van der Waals surface area (Å²) in [5.74, 6) is -0.0277. The Morgan fingerprint density at radius 1 is 1.03 bits per heavy atom. The number of hydrogen-bond acceptors (Lipinski definition) is 4. The van der Waals surface area contributed by atoms with Crippen molar-refractivity contribution in [2.45, 2.75) is 39.7 Å². The van der Waals surface area contributed by atoms with Crippen molar-refractivity contribution < 1.29 is 4.79 Å². The van der Waals surface area contributed by atoms with Crippen molar-refractivity contribution >= 4 is 16.9 Å². The molecule has 3 aromatic heterocycles. The fourth-order valence-electron chi connectivity index (χ4n) is 4.63. The van der Waals surface area contributed by atoms with Gasteiger partial charge in [0, 0.05) is 36.5 Å². The van der Waals surface area contributed by atoms with E-state index in [1.807, 2.05) is 54.2 Å². The standard InChI is InChI=1S/C30H32N6O/c1-20(2)36-29-26(19-31-36)25(18-28(32-29)24-15-9-8-11-21(24)3)30(37)35(4)16-10-14-23-17-27(34-33-23)22-12-6-5-7-13-22/h5-9,11-13,15,17-20H,10,14,16H2,1-4H3,(H,33,34). The molecule has 0 aliphatic rings. The molecule has 5 rings (SSSR count). The summed E-state index contributed by atoms with van der Waals surface area (Å²) < 4.78 is 1.89. The lowest BCUT2D eigenvalue weighted by Gasteiger charge is -2.18. The normalized spacial score (nSPS) is 11.4. The van der Waals surface area contributed by atoms with E-state index in [0.29, 0.717) is 12.1 Å². The fraction of sp³-hybridized carbons (Fsp3) is 0.267. The Morgan fingerprint density at radius 2 is 1.78 bits per heavy atom. The van der Waals surface area contributed by atoms with E-state index in [1.165, 1.54) is 0 Å². The van der Waals surface area contributed by atoms with Gasteiger partial charge in [0.05, 0.1) is 28.5 Å². The SMILES string of the molecule is Cc1ccccc1-c1cc(C(=O)N(C)CCCc2cc(-c3ccccc3)n[nH]2)c2cnn(C(C)C)c2n1. The van der Waals surface area contributed by atoms with Gasteiger partial charge in [-0.15, -0.1) is 0 Å². The molecule has 7 heteroatoms. The third kappa shape index (κ3) is 5.03. The van der Waals surface area contributed by atoms with Gasteiger partial charge in [0.15, 0.2) is 5.65 Å². The molecule has 37 heavy (non-hydrogen) atoms. The number of amides is 1. The molecule has 0 fully saturated rings. The first-order valence-electron chi connectivity index (χ1n) is 12.7. The number of hydrogen-bond donors (Lipinski definition) is 1. The topological polar surface area (TPSA) is 79.7 Å². The van der Waals surface area contributed by atoms with E-state index < -0.39 is 0 Å². The Bertz CT molecular complexity index is 1530. The van der Waals surface area contributed by atoms with Crippen LogP contribution in [0.2, 0.25) is 0 Å². The molecule has 0 aliphatic heterocycles. The van der Waals surface area contributed by atoms with Crippen molar-refractivity contribution in [2.24, 2.45) is 0 Å². The predicted octanol–water partition coefficient (Wildman–Crippen LogP) is 6.08. The highest BCUT2D eigenvalue weighted by molar-refractivity contribution is 6.06. The Kier molecular flexibility index (Phi) is 6.86. The van der Waals surface area contributed by atoms with Gasteiger partial charge in [-0.3, -0.25) is 9.89 Å². The number of aromatic amines is 1. The molecule has 5 aromatic rings. The number of aryl methyl sites for hydroxylation is 2. The summed E-state index contributed by atoms with van der Waals surface area (Å²) in [6.45, 7) is 6.83. The Hall–Kier alpha value is -4.26. The molecule has 0 aliphatic carbocycles. The summed E-state index contributed by atoms with van der Waals surface area (Å²) >= 11 is 0. The van der Waals surface area contributed by atoms with E-state index in [1.54, 1.807) is 11.1 Å². The van der Waals surface area contributed by atoms with Crippen molar-refractivity contribution in [3.05, 3.63) is 89.7 Å². The van der Waals surface area contributed by atoms with Gasteiger partial charge in [-0.05, 0) is 51.3 Å². The van der Waals surface area contributed by atoms with E-state index in [4.69, 9.17) is 4.98 Å². The van der Waals surface area contributed by atoms with Crippen LogP contribution in [0.4, 0.5) is 0 Å². The van der Waals surface area contributed by atoms with Gasteiger partial charge in [0.2, 0.25) is 0 Å². The van der Waals surface area contributed by atoms with Gasteiger partial charge in [0.1, 0.15) is 0 Å². The van der Waals surface area contributed by atoms with Gasteiger partial charge >= 0.3 is 0 Å². The lowest BCUT2D eigenvalue weighted by atomic mass is 10.0. The van der Waals surface area contributed by atoms with Crippen molar-refractivity contribution in [1.29, 1.82) is 0 Å². The zero-order valence-corrected chi connectivity index (χ0v) is 21.8. The van der Waals surface area contributed by atoms with Crippen LogP contribution in [0, 0.1) is 6.92 Å². The summed E-state index contributed by atoms with van der Waals surface area (Å²) in [6.07, 6.45) is 3.40. The van der Waals surface area contributed by atoms with Crippen LogP contribution in [0.15, 0.2) is 72.9 Å². The van der Waals surface area contributed by atoms with Crippen LogP contribution in [0.1, 0.15) is 47.9 Å². The molecule has 0 atom stereocenters. The monoisotopic (exact) mass is 492 g/mol. The first-order valence-corrected chi connectivity index (χ1v) is 12.7. The first kappa shape index (κ1) is 24.4. The van der Waals surface area contributed by atoms with E-state index in [-0.39, 0.29) is 11.9 Å². The largest absolute Gasteiger partial charge is 0.342 e. The maximum atomic E-state index is 13.7. The third-order valence-corrected chi connectivity index (χ3v) is 6.69. The summed E-state index contributed by atoms with van der Waals surface area (Å²) in [7, 11) is 1.86. The Labute approximate surface area is 217 Å². The molecule has 1 amide bonds. The fourth-order valence-corrected chi connectivity index (χ4v) is 4.63. The van der Waals surface area contributed by atoms with Gasteiger partial charge in [-0.1, -0.05) is 54.6 Å². The van der Waals surface area contributed by atoms with Crippen LogP contribution < -0.4 is 0 Å². The van der Waals surface area contributed by atoms with E-state index in [9.17, 15) is 4.79 Å². The number of nitrogens with one attached hydrogen (secondary N) is 1. The Balaban J connectivity index is 1.36. The number of rotatable bonds is 8. The molecule has 3 heterocycles. The number of carbonyl (C=O) groups is 1. The molecule has 0 saturated heterocycles. The number of fused-ring (bicyclic) bond motifs is 1. The summed E-state index contributed by atoms with van der Waals surface area (Å²) in [5.41, 5.74) is 7.37. The van der Waals surface area contributed by atoms with Gasteiger partial charge in [-0.2, -0.15) is 10.2 Å². The highest BCUT2D eigenvalue weighted by atomic mass is 16.2. The van der Waals surface area contributed by atoms with E-state index in [2.05, 4.69) is 60.3 Å². The number of pyridine rings is 1. The molecular weight excluding hydrogens is 460 g/mol. The van der Waals surface area contributed by atoms with Gasteiger partial charge in [0.25, 0.3) is 5.91 Å². The molecule has 0 saturated carbocycles. The number of nitrogens with zero attached hydrogens (tertiary/aromatic N) is 5. The maximum absolute atomic E-state index is 13.7. The third-order valence-electron chi connectivity index (χ3n) is 6.69. The Morgan fingerprint density at radius 3 is 2.54 bits per heavy atom. The second-order valence-corrected chi connectivity index (χ2v) is 9.76. The highest BCUT2D eigenvalue weighted by Gasteiger charge is 2.21. The van der Waals surface area contributed by atoms with Crippen LogP contribution in [0.3, 0.4) is 0 Å². The van der Waals surface area contributed by atoms with Crippen molar-refractivity contribution in [1.82, 2.24) is 29.9 Å². The average molecular weight is 493 g/mol. The van der Waals surface area contributed by atoms with Crippen LogP contribution in [0.25, 0.3) is 33.5 Å². The van der Waals surface area contributed by atoms with Crippen LogP contribution >= 0.6 is 0 Å². The second kappa shape index (κ2) is 10.4. The average Bonchev–Trinajstić information content (AvgIpc) is 3.56. The number of carbonyl (C=O) groups excluding carboxylic acids is 1. The van der Waals surface area contributed by atoms with E-state index >= 15 is 0 Å². The summed E-state index contributed by atoms with van der Waals surface area (Å²) in [6, 6.07) is 22.4. The minimum atomic E-state index is -0.0277. The number of H-pyrrole nitrogens is 1. The molecule has 0 bridgehead atoms. The molecule has 0 unspecified atom stereocenters. The van der Waals surface area contributed by atoms with Crippen LogP contribution in [-0.2, 0) is 6.42 Å². The van der Waals surface area contributed by atoms with Gasteiger partial charge < -0.3 is 4.90 Å². The van der Waals surface area contributed by atoms with Gasteiger partial charge in [-0.25, -0.2) is 9.67 Å². The molecule has 188 valence electrons. The maximum Gasteiger partial charge on any atom is 0.254 e. The first-order chi connectivity index (χ1) is 17.9. The lowest BCUT2D eigenvalue weighted by molar-refractivity contribution is 0.0795. The molecule has 0 radical (unpaired) electrons. The van der Waals surface area contributed by atoms with Crippen molar-refractivity contribution in [3.63, 3.8) is 0 Å². The molecule has 7 nitrogen and oxygen atoms in total. The minimum absolute atomic E-state index is 0.0277. The van der Waals surface area contributed by atoms with Crippen LogP contribution in [-0.4, -0.2) is 49.4 Å². The second-order valence-electron chi connectivity index (χ2n) is 9.76. The molecule has 2 aromatic carbocycles. The quantitative estimate of drug-likeness (QED) is 0.285. The minimum Gasteiger partial charge on any atom is -0.342 e. The van der Waals surface area contributed by atoms with Crippen molar-refractivity contribution in [2.75, 3.05) is 13.6 Å². The summed E-state index contributed by atoms with van der Waals surface area (Å²) in [5, 5.41) is 12.9. The predicted molar refractivity (Wildman–Crippen MR) is 147 cm³/mol. The smallest absolute Gasteiger partial charge is 0.254 e.